The zero-order valence-electron chi connectivity index (χ0n) is 7.45. The van der Waals surface area contributed by atoms with Crippen LogP contribution in [0, 0.1) is 0 Å². The minimum absolute atomic E-state index is 0.0896. The molecule has 4 heteroatoms. The summed E-state index contributed by atoms with van der Waals surface area (Å²) in [5, 5.41) is 2.96. The van der Waals surface area contributed by atoms with Gasteiger partial charge in [-0.3, -0.25) is 9.78 Å². The number of nitrogens with zero attached hydrogens (tertiary/aromatic N) is 2. The van der Waals surface area contributed by atoms with Crippen LogP contribution in [0.1, 0.15) is 15.9 Å². The van der Waals surface area contributed by atoms with Gasteiger partial charge in [0.1, 0.15) is 0 Å². The molecule has 1 aliphatic heterocycles. The number of carbonyl (C=O) groups excluding carboxylic acids is 1. The SMILES string of the molecule is CNCN1Cc2cnccc2C1=O. The summed E-state index contributed by atoms with van der Waals surface area (Å²) in [6, 6.07) is 1.77. The Kier molecular flexibility index (Phi) is 1.98. The van der Waals surface area contributed by atoms with E-state index in [-0.39, 0.29) is 5.91 Å². The van der Waals surface area contributed by atoms with E-state index in [0.717, 1.165) is 11.1 Å². The lowest BCUT2D eigenvalue weighted by atomic mass is 10.2. The molecule has 0 aliphatic carbocycles. The van der Waals surface area contributed by atoms with E-state index < -0.39 is 0 Å². The number of aromatic nitrogens is 1. The average molecular weight is 177 g/mol. The second-order valence-electron chi connectivity index (χ2n) is 3.05. The van der Waals surface area contributed by atoms with E-state index >= 15 is 0 Å². The Labute approximate surface area is 76.6 Å². The molecule has 1 N–H and O–H groups in total. The molecule has 2 rings (SSSR count). The molecule has 1 aliphatic rings. The maximum Gasteiger partial charge on any atom is 0.255 e. The van der Waals surface area contributed by atoms with Crippen molar-refractivity contribution in [2.75, 3.05) is 13.7 Å². The lowest BCUT2D eigenvalue weighted by Crippen LogP contribution is -2.32. The van der Waals surface area contributed by atoms with Crippen molar-refractivity contribution in [3.63, 3.8) is 0 Å². The summed E-state index contributed by atoms with van der Waals surface area (Å²) < 4.78 is 0. The van der Waals surface area contributed by atoms with Crippen LogP contribution in [0.2, 0.25) is 0 Å². The van der Waals surface area contributed by atoms with Crippen molar-refractivity contribution in [1.82, 2.24) is 15.2 Å². The molecule has 0 saturated heterocycles. The number of hydrogen-bond donors (Lipinski definition) is 1. The second-order valence-corrected chi connectivity index (χ2v) is 3.05. The van der Waals surface area contributed by atoms with E-state index in [9.17, 15) is 4.79 Å². The van der Waals surface area contributed by atoms with Crippen molar-refractivity contribution in [1.29, 1.82) is 0 Å². The number of fused-ring (bicyclic) bond motifs is 1. The van der Waals surface area contributed by atoms with Gasteiger partial charge in [0.05, 0.1) is 6.67 Å². The first-order valence-corrected chi connectivity index (χ1v) is 4.19. The van der Waals surface area contributed by atoms with Crippen molar-refractivity contribution in [3.05, 3.63) is 29.6 Å². The van der Waals surface area contributed by atoms with Gasteiger partial charge in [0.25, 0.3) is 5.91 Å². The Balaban J connectivity index is 2.28. The summed E-state index contributed by atoms with van der Waals surface area (Å²) in [4.78, 5) is 17.4. The Morgan fingerprint density at radius 1 is 1.69 bits per heavy atom. The van der Waals surface area contributed by atoms with Crippen molar-refractivity contribution in [2.24, 2.45) is 0 Å². The summed E-state index contributed by atoms with van der Waals surface area (Å²) in [5.41, 5.74) is 1.80. The summed E-state index contributed by atoms with van der Waals surface area (Å²) in [7, 11) is 1.83. The first-order valence-electron chi connectivity index (χ1n) is 4.19. The Hall–Kier alpha value is -1.42. The van der Waals surface area contributed by atoms with Crippen molar-refractivity contribution in [3.8, 4) is 0 Å². The Morgan fingerprint density at radius 2 is 2.54 bits per heavy atom. The van der Waals surface area contributed by atoms with Crippen LogP contribution in [0.5, 0.6) is 0 Å². The van der Waals surface area contributed by atoms with Gasteiger partial charge in [-0.2, -0.15) is 0 Å². The molecule has 0 saturated carbocycles. The van der Waals surface area contributed by atoms with Crippen LogP contribution in [0.25, 0.3) is 0 Å². The van der Waals surface area contributed by atoms with Crippen molar-refractivity contribution in [2.45, 2.75) is 6.54 Å². The molecule has 13 heavy (non-hydrogen) atoms. The maximum absolute atomic E-state index is 11.6. The number of nitrogens with one attached hydrogen (secondary N) is 1. The van der Waals surface area contributed by atoms with Crippen molar-refractivity contribution >= 4 is 5.91 Å². The van der Waals surface area contributed by atoms with E-state index in [4.69, 9.17) is 0 Å². The largest absolute Gasteiger partial charge is 0.321 e. The van der Waals surface area contributed by atoms with E-state index in [1.165, 1.54) is 0 Å². The van der Waals surface area contributed by atoms with Gasteiger partial charge >= 0.3 is 0 Å². The smallest absolute Gasteiger partial charge is 0.255 e. The van der Waals surface area contributed by atoms with Gasteiger partial charge < -0.3 is 10.2 Å². The molecule has 68 valence electrons. The molecule has 2 heterocycles. The van der Waals surface area contributed by atoms with E-state index in [2.05, 4.69) is 10.3 Å². The second kappa shape index (κ2) is 3.14. The molecule has 1 aromatic heterocycles. The van der Waals surface area contributed by atoms with Crippen LogP contribution < -0.4 is 5.32 Å². The normalized spacial score (nSPS) is 14.8. The minimum atomic E-state index is 0.0896. The standard InChI is InChI=1S/C9H11N3O/c1-10-6-12-5-7-4-11-3-2-8(7)9(12)13/h2-4,10H,5-6H2,1H3. The third-order valence-corrected chi connectivity index (χ3v) is 2.13. The molecule has 1 amide bonds. The van der Waals surface area contributed by atoms with Crippen LogP contribution in [-0.2, 0) is 6.54 Å². The summed E-state index contributed by atoms with van der Waals surface area (Å²) in [5.74, 6) is 0.0896. The lowest BCUT2D eigenvalue weighted by Gasteiger charge is -2.13. The molecule has 0 fully saturated rings. The summed E-state index contributed by atoms with van der Waals surface area (Å²) in [6.45, 7) is 1.26. The molecule has 0 spiro atoms. The first kappa shape index (κ1) is 8.19. The molecule has 0 unspecified atom stereocenters. The number of hydrogen-bond acceptors (Lipinski definition) is 3. The highest BCUT2D eigenvalue weighted by molar-refractivity contribution is 5.98. The van der Waals surface area contributed by atoms with E-state index in [1.807, 2.05) is 7.05 Å². The average Bonchev–Trinajstić information content (AvgIpc) is 2.46. The van der Waals surface area contributed by atoms with Gasteiger partial charge in [0.15, 0.2) is 0 Å². The topological polar surface area (TPSA) is 45.2 Å². The number of carbonyl (C=O) groups is 1. The Bertz CT molecular complexity index is 337. The molecular weight excluding hydrogens is 166 g/mol. The Morgan fingerprint density at radius 3 is 3.23 bits per heavy atom. The third-order valence-electron chi connectivity index (χ3n) is 2.13. The number of amides is 1. The predicted molar refractivity (Wildman–Crippen MR) is 48.0 cm³/mol. The van der Waals surface area contributed by atoms with Gasteiger partial charge in [-0.05, 0) is 13.1 Å². The summed E-state index contributed by atoms with van der Waals surface area (Å²) >= 11 is 0. The van der Waals surface area contributed by atoms with Crippen LogP contribution in [0.4, 0.5) is 0 Å². The molecule has 0 atom stereocenters. The van der Waals surface area contributed by atoms with Crippen LogP contribution in [-0.4, -0.2) is 29.5 Å². The highest BCUT2D eigenvalue weighted by atomic mass is 16.2. The van der Waals surface area contributed by atoms with Gasteiger partial charge in [0, 0.05) is 30.1 Å². The maximum atomic E-state index is 11.6. The summed E-state index contributed by atoms with van der Waals surface area (Å²) in [6.07, 6.45) is 3.41. The fraction of sp³-hybridized carbons (Fsp3) is 0.333. The van der Waals surface area contributed by atoms with Crippen LogP contribution in [0.3, 0.4) is 0 Å². The number of rotatable bonds is 2. The fourth-order valence-electron chi connectivity index (χ4n) is 1.53. The van der Waals surface area contributed by atoms with Gasteiger partial charge in [-0.1, -0.05) is 0 Å². The highest BCUT2D eigenvalue weighted by Crippen LogP contribution is 2.19. The molecule has 1 aromatic rings. The van der Waals surface area contributed by atoms with E-state index in [0.29, 0.717) is 13.2 Å². The zero-order valence-corrected chi connectivity index (χ0v) is 7.45. The third kappa shape index (κ3) is 1.29. The molecular formula is C9H11N3O. The monoisotopic (exact) mass is 177 g/mol. The van der Waals surface area contributed by atoms with Crippen LogP contribution >= 0.6 is 0 Å². The molecule has 4 nitrogen and oxygen atoms in total. The van der Waals surface area contributed by atoms with Gasteiger partial charge in [-0.25, -0.2) is 0 Å². The van der Waals surface area contributed by atoms with Gasteiger partial charge in [-0.15, -0.1) is 0 Å². The van der Waals surface area contributed by atoms with Gasteiger partial charge in [0.2, 0.25) is 0 Å². The quantitative estimate of drug-likeness (QED) is 0.702. The first-order chi connectivity index (χ1) is 6.33. The minimum Gasteiger partial charge on any atom is -0.321 e. The van der Waals surface area contributed by atoms with E-state index in [1.54, 1.807) is 23.4 Å². The fourth-order valence-corrected chi connectivity index (χ4v) is 1.53. The van der Waals surface area contributed by atoms with Crippen molar-refractivity contribution < 1.29 is 4.79 Å². The zero-order chi connectivity index (χ0) is 9.26. The highest BCUT2D eigenvalue weighted by Gasteiger charge is 2.26. The predicted octanol–water partition coefficient (Wildman–Crippen LogP) is 0.214. The molecule has 0 radical (unpaired) electrons. The number of pyridine rings is 1. The lowest BCUT2D eigenvalue weighted by molar-refractivity contribution is 0.0769. The van der Waals surface area contributed by atoms with Crippen LogP contribution in [0.15, 0.2) is 18.5 Å². The molecule has 0 bridgehead atoms. The molecule has 0 aromatic carbocycles.